The molecule has 1 aliphatic heterocycles. The van der Waals surface area contributed by atoms with E-state index in [1.165, 1.54) is 25.4 Å². The number of phenols is 1. The van der Waals surface area contributed by atoms with Gasteiger partial charge in [-0.2, -0.15) is 9.97 Å². The Morgan fingerprint density at radius 3 is 2.69 bits per heavy atom. The fourth-order valence-electron chi connectivity index (χ4n) is 5.25. The van der Waals surface area contributed by atoms with Crippen LogP contribution in [0.1, 0.15) is 49.8 Å². The van der Waals surface area contributed by atoms with Crippen molar-refractivity contribution in [3.63, 3.8) is 0 Å². The number of rotatable bonds is 5. The molecule has 1 saturated carbocycles. The number of nitrogen functional groups attached to an aromatic ring is 1. The number of aromatic nitrogens is 4. The van der Waals surface area contributed by atoms with Gasteiger partial charge < -0.3 is 25.2 Å². The zero-order valence-corrected chi connectivity index (χ0v) is 22.9. The number of benzene rings is 1. The van der Waals surface area contributed by atoms with Crippen LogP contribution in [0.5, 0.6) is 17.6 Å². The average molecular weight is 571 g/mol. The third-order valence-electron chi connectivity index (χ3n) is 7.21. The highest BCUT2D eigenvalue weighted by atomic mass is 35.5. The van der Waals surface area contributed by atoms with Gasteiger partial charge in [-0.3, -0.25) is 0 Å². The summed E-state index contributed by atoms with van der Waals surface area (Å²) in [6.45, 7) is 4.09. The Labute approximate surface area is 233 Å². The Balaban J connectivity index is 1.62. The SMILES string of the molecule is COc1nc2c3c(nc(-c4cc(O)cc(Cl)c4C4CC4)c(F)c3n1)OCC(C)N2C(C)c1cc(Cl)cnc1N. The summed E-state index contributed by atoms with van der Waals surface area (Å²) < 4.78 is 28.0. The molecule has 2 atom stereocenters. The van der Waals surface area contributed by atoms with Gasteiger partial charge in [-0.25, -0.2) is 14.4 Å². The van der Waals surface area contributed by atoms with E-state index in [9.17, 15) is 5.11 Å². The molecule has 1 aromatic carbocycles. The molecule has 12 heteroatoms. The summed E-state index contributed by atoms with van der Waals surface area (Å²) >= 11 is 12.8. The van der Waals surface area contributed by atoms with E-state index in [0.717, 1.165) is 18.4 Å². The number of aromatic hydroxyl groups is 1. The van der Waals surface area contributed by atoms with E-state index < -0.39 is 5.82 Å². The minimum Gasteiger partial charge on any atom is -0.508 e. The number of nitrogens with zero attached hydrogens (tertiary/aromatic N) is 5. The van der Waals surface area contributed by atoms with Gasteiger partial charge in [0.1, 0.15) is 40.6 Å². The Morgan fingerprint density at radius 2 is 1.97 bits per heavy atom. The molecule has 3 aromatic heterocycles. The molecule has 0 radical (unpaired) electrons. The Bertz CT molecular complexity index is 1630. The predicted molar refractivity (Wildman–Crippen MR) is 147 cm³/mol. The van der Waals surface area contributed by atoms with E-state index >= 15 is 4.39 Å². The predicted octanol–water partition coefficient (Wildman–Crippen LogP) is 6.06. The van der Waals surface area contributed by atoms with Gasteiger partial charge in [0.25, 0.3) is 0 Å². The second kappa shape index (κ2) is 9.53. The van der Waals surface area contributed by atoms with Crippen molar-refractivity contribution >= 4 is 45.7 Å². The van der Waals surface area contributed by atoms with Crippen molar-refractivity contribution in [1.29, 1.82) is 0 Å². The third kappa shape index (κ3) is 4.31. The summed E-state index contributed by atoms with van der Waals surface area (Å²) in [5.41, 5.74) is 8.01. The Hall–Kier alpha value is -3.63. The number of phenolic OH excluding ortho intramolecular Hbond substituents is 1. The van der Waals surface area contributed by atoms with Crippen molar-refractivity contribution in [2.24, 2.45) is 0 Å². The summed E-state index contributed by atoms with van der Waals surface area (Å²) in [4.78, 5) is 19.8. The lowest BCUT2D eigenvalue weighted by molar-refractivity contribution is 0.282. The number of anilines is 2. The number of halogens is 3. The molecular formula is C27H25Cl2FN6O3. The Morgan fingerprint density at radius 1 is 1.21 bits per heavy atom. The smallest absolute Gasteiger partial charge is 0.318 e. The minimum absolute atomic E-state index is 0.0126. The van der Waals surface area contributed by atoms with Gasteiger partial charge in [0.05, 0.1) is 24.2 Å². The molecule has 2 unspecified atom stereocenters. The topological polar surface area (TPSA) is 120 Å². The van der Waals surface area contributed by atoms with E-state index in [-0.39, 0.29) is 53.5 Å². The second-order valence-electron chi connectivity index (χ2n) is 9.87. The molecule has 1 fully saturated rings. The molecule has 1 aliphatic carbocycles. The van der Waals surface area contributed by atoms with Crippen LogP contribution < -0.4 is 20.1 Å². The molecule has 4 heterocycles. The maximum Gasteiger partial charge on any atom is 0.318 e. The van der Waals surface area contributed by atoms with Gasteiger partial charge >= 0.3 is 6.01 Å². The summed E-state index contributed by atoms with van der Waals surface area (Å²) in [6, 6.07) is 4.03. The van der Waals surface area contributed by atoms with Crippen molar-refractivity contribution in [2.75, 3.05) is 24.4 Å². The van der Waals surface area contributed by atoms with Crippen LogP contribution >= 0.6 is 23.2 Å². The standard InChI is InChI=1S/C27H25Cl2FN6O3/c1-11-10-39-26-20-23(21(30)22(33-26)17-7-15(37)8-18(29)19(17)13-4-5-13)34-27(38-3)35-25(20)36(11)12(2)16-6-14(28)9-32-24(16)31/h6-9,11-13,37H,4-5,10H2,1-3H3,(H2,31,32). The number of hydrogen-bond donors (Lipinski definition) is 2. The van der Waals surface area contributed by atoms with Gasteiger partial charge in [0.2, 0.25) is 5.88 Å². The first-order valence-electron chi connectivity index (χ1n) is 12.5. The molecule has 0 saturated heterocycles. The fourth-order valence-corrected chi connectivity index (χ4v) is 5.79. The number of ether oxygens (including phenoxy) is 2. The van der Waals surface area contributed by atoms with Crippen LogP contribution in [0, 0.1) is 5.82 Å². The minimum atomic E-state index is -0.700. The molecule has 0 amide bonds. The van der Waals surface area contributed by atoms with Gasteiger partial charge in [-0.05, 0) is 56.4 Å². The first-order valence-corrected chi connectivity index (χ1v) is 13.2. The van der Waals surface area contributed by atoms with Gasteiger partial charge in [0, 0.05) is 22.3 Å². The highest BCUT2D eigenvalue weighted by molar-refractivity contribution is 6.32. The van der Waals surface area contributed by atoms with Gasteiger partial charge in [-0.1, -0.05) is 23.2 Å². The first-order chi connectivity index (χ1) is 18.7. The highest BCUT2D eigenvalue weighted by Gasteiger charge is 2.36. The van der Waals surface area contributed by atoms with Crippen molar-refractivity contribution in [3.05, 3.63) is 51.4 Å². The Kier molecular flexibility index (Phi) is 6.27. The van der Waals surface area contributed by atoms with Crippen LogP contribution in [0.15, 0.2) is 24.4 Å². The normalized spacial score (nSPS) is 17.6. The quantitative estimate of drug-likeness (QED) is 0.295. The maximum absolute atomic E-state index is 16.5. The fraction of sp³-hybridized carbons (Fsp3) is 0.333. The van der Waals surface area contributed by atoms with Crippen molar-refractivity contribution < 1.29 is 19.0 Å². The van der Waals surface area contributed by atoms with E-state index in [0.29, 0.717) is 38.2 Å². The molecule has 6 rings (SSSR count). The first kappa shape index (κ1) is 25.6. The van der Waals surface area contributed by atoms with Crippen molar-refractivity contribution in [1.82, 2.24) is 19.9 Å². The molecule has 2 aliphatic rings. The summed E-state index contributed by atoms with van der Waals surface area (Å²) in [6.07, 6.45) is 3.32. The highest BCUT2D eigenvalue weighted by Crippen LogP contribution is 2.50. The van der Waals surface area contributed by atoms with Crippen LogP contribution in [0.3, 0.4) is 0 Å². The summed E-state index contributed by atoms with van der Waals surface area (Å²) in [7, 11) is 1.41. The van der Waals surface area contributed by atoms with Crippen molar-refractivity contribution in [3.8, 4) is 28.9 Å². The van der Waals surface area contributed by atoms with Crippen LogP contribution in [0.2, 0.25) is 10.0 Å². The lowest BCUT2D eigenvalue weighted by Crippen LogP contribution is -2.39. The molecule has 9 nitrogen and oxygen atoms in total. The molecule has 0 bridgehead atoms. The van der Waals surface area contributed by atoms with E-state index in [4.69, 9.17) is 38.4 Å². The molecule has 3 N–H and O–H groups in total. The lowest BCUT2D eigenvalue weighted by Gasteiger charge is -2.35. The van der Waals surface area contributed by atoms with Crippen molar-refractivity contribution in [2.45, 2.75) is 44.7 Å². The maximum atomic E-state index is 16.5. The third-order valence-corrected chi connectivity index (χ3v) is 7.73. The molecule has 0 spiro atoms. The summed E-state index contributed by atoms with van der Waals surface area (Å²) in [5, 5.41) is 11.4. The van der Waals surface area contributed by atoms with E-state index in [1.807, 2.05) is 18.7 Å². The number of methoxy groups -OCH3 is 1. The van der Waals surface area contributed by atoms with Crippen LogP contribution in [0.4, 0.5) is 16.0 Å². The average Bonchev–Trinajstić information content (AvgIpc) is 3.75. The zero-order valence-electron chi connectivity index (χ0n) is 21.4. The van der Waals surface area contributed by atoms with E-state index in [2.05, 4.69) is 19.9 Å². The number of nitrogens with two attached hydrogens (primary N) is 1. The van der Waals surface area contributed by atoms with Crippen LogP contribution in [-0.4, -0.2) is 44.8 Å². The second-order valence-corrected chi connectivity index (χ2v) is 10.7. The monoisotopic (exact) mass is 570 g/mol. The van der Waals surface area contributed by atoms with E-state index in [1.54, 1.807) is 6.07 Å². The zero-order chi connectivity index (χ0) is 27.6. The van der Waals surface area contributed by atoms with Crippen LogP contribution in [0.25, 0.3) is 22.2 Å². The molecule has 202 valence electrons. The number of hydrogen-bond acceptors (Lipinski definition) is 9. The summed E-state index contributed by atoms with van der Waals surface area (Å²) in [5.74, 6) is 0.226. The molecule has 4 aromatic rings. The molecule has 39 heavy (non-hydrogen) atoms. The largest absolute Gasteiger partial charge is 0.508 e. The lowest BCUT2D eigenvalue weighted by atomic mass is 9.98. The van der Waals surface area contributed by atoms with Gasteiger partial charge in [-0.15, -0.1) is 0 Å². The van der Waals surface area contributed by atoms with Gasteiger partial charge in [0.15, 0.2) is 5.82 Å². The molecular weight excluding hydrogens is 546 g/mol. The van der Waals surface area contributed by atoms with Crippen LogP contribution in [-0.2, 0) is 0 Å². The number of pyridine rings is 2.